The number of amides is 2. The number of aromatic nitrogens is 2. The third-order valence-electron chi connectivity index (χ3n) is 4.72. The molecule has 2 aliphatic heterocycles. The topological polar surface area (TPSA) is 90.1 Å². The monoisotopic (exact) mass is 395 g/mol. The molecule has 11 heteroatoms. The fraction of sp³-hybridized carbons (Fsp3) is 0.667. The first-order valence-corrected chi connectivity index (χ1v) is 8.27. The van der Waals surface area contributed by atoms with Crippen LogP contribution < -0.4 is 10.6 Å². The van der Waals surface area contributed by atoms with Crippen LogP contribution >= 0.6 is 12.4 Å². The van der Waals surface area contributed by atoms with Gasteiger partial charge in [0.05, 0.1) is 0 Å². The second kappa shape index (κ2) is 8.26. The molecular weight excluding hydrogens is 375 g/mol. The highest BCUT2D eigenvalue weighted by Crippen LogP contribution is 2.23. The second-order valence-corrected chi connectivity index (χ2v) is 6.40. The highest BCUT2D eigenvalue weighted by atomic mass is 35.5. The molecule has 0 bridgehead atoms. The van der Waals surface area contributed by atoms with Gasteiger partial charge in [-0.25, -0.2) is 0 Å². The zero-order chi connectivity index (χ0) is 18.0. The van der Waals surface area contributed by atoms with E-state index in [2.05, 4.69) is 20.8 Å². The van der Waals surface area contributed by atoms with E-state index < -0.39 is 12.1 Å². The van der Waals surface area contributed by atoms with Gasteiger partial charge in [-0.15, -0.1) is 12.4 Å². The molecule has 3 rings (SSSR count). The Kier molecular flexibility index (Phi) is 6.51. The zero-order valence-electron chi connectivity index (χ0n) is 14.0. The predicted molar refractivity (Wildman–Crippen MR) is 88.9 cm³/mol. The highest BCUT2D eigenvalue weighted by Gasteiger charge is 2.43. The minimum atomic E-state index is -4.83. The van der Waals surface area contributed by atoms with Gasteiger partial charge >= 0.3 is 12.1 Å². The summed E-state index contributed by atoms with van der Waals surface area (Å²) < 4.78 is 37.2. The minimum absolute atomic E-state index is 0. The SMILES string of the molecule is Cl.O=C(NCC1CCN(C(=O)C(F)(F)F)CC1)c1n[nH]c2c1CNCC2. The van der Waals surface area contributed by atoms with E-state index in [1.807, 2.05) is 0 Å². The molecule has 3 heterocycles. The number of rotatable bonds is 3. The maximum Gasteiger partial charge on any atom is 0.471 e. The van der Waals surface area contributed by atoms with Crippen LogP contribution in [0.25, 0.3) is 0 Å². The summed E-state index contributed by atoms with van der Waals surface area (Å²) in [6.45, 7) is 1.90. The number of fused-ring (bicyclic) bond motifs is 1. The van der Waals surface area contributed by atoms with Gasteiger partial charge in [0.15, 0.2) is 5.69 Å². The number of aromatic amines is 1. The van der Waals surface area contributed by atoms with Gasteiger partial charge in [-0.1, -0.05) is 0 Å². The highest BCUT2D eigenvalue weighted by molar-refractivity contribution is 5.94. The second-order valence-electron chi connectivity index (χ2n) is 6.40. The lowest BCUT2D eigenvalue weighted by atomic mass is 9.96. The molecule has 0 saturated carbocycles. The van der Waals surface area contributed by atoms with Crippen LogP contribution in [0.15, 0.2) is 0 Å². The van der Waals surface area contributed by atoms with Crippen molar-refractivity contribution in [1.82, 2.24) is 25.7 Å². The third kappa shape index (κ3) is 4.47. The number of H-pyrrole nitrogens is 1. The van der Waals surface area contributed by atoms with Gasteiger partial charge in [-0.2, -0.15) is 18.3 Å². The molecule has 1 aromatic rings. The Morgan fingerprint density at radius 1 is 1.27 bits per heavy atom. The Morgan fingerprint density at radius 2 is 1.96 bits per heavy atom. The number of alkyl halides is 3. The first-order chi connectivity index (χ1) is 11.9. The number of likely N-dealkylation sites (tertiary alicyclic amines) is 1. The lowest BCUT2D eigenvalue weighted by Crippen LogP contribution is -2.46. The van der Waals surface area contributed by atoms with Crippen molar-refractivity contribution in [2.45, 2.75) is 32.0 Å². The molecule has 2 aliphatic rings. The van der Waals surface area contributed by atoms with Crippen LogP contribution in [0.2, 0.25) is 0 Å². The van der Waals surface area contributed by atoms with Crippen molar-refractivity contribution in [1.29, 1.82) is 0 Å². The van der Waals surface area contributed by atoms with Crippen molar-refractivity contribution < 1.29 is 22.8 Å². The summed E-state index contributed by atoms with van der Waals surface area (Å²) in [5.41, 5.74) is 2.20. The molecule has 0 atom stereocenters. The normalized spacial score (nSPS) is 18.0. The van der Waals surface area contributed by atoms with Crippen LogP contribution in [0, 0.1) is 5.92 Å². The quantitative estimate of drug-likeness (QED) is 0.712. The number of nitrogens with one attached hydrogen (secondary N) is 3. The number of halogens is 4. The first kappa shape index (κ1) is 20.5. The van der Waals surface area contributed by atoms with E-state index in [0.717, 1.165) is 29.1 Å². The average molecular weight is 396 g/mol. The van der Waals surface area contributed by atoms with Crippen molar-refractivity contribution in [3.8, 4) is 0 Å². The number of nitrogens with zero attached hydrogens (tertiary/aromatic N) is 2. The van der Waals surface area contributed by atoms with Gasteiger partial charge < -0.3 is 15.5 Å². The molecule has 1 fully saturated rings. The number of hydrogen-bond acceptors (Lipinski definition) is 4. The lowest BCUT2D eigenvalue weighted by molar-refractivity contribution is -0.186. The van der Waals surface area contributed by atoms with Gasteiger partial charge in [0.2, 0.25) is 0 Å². The fourth-order valence-electron chi connectivity index (χ4n) is 3.25. The number of carbonyl (C=O) groups is 2. The van der Waals surface area contributed by atoms with E-state index in [4.69, 9.17) is 0 Å². The molecule has 26 heavy (non-hydrogen) atoms. The van der Waals surface area contributed by atoms with Crippen LogP contribution in [0.3, 0.4) is 0 Å². The van der Waals surface area contributed by atoms with Crippen LogP contribution in [0.4, 0.5) is 13.2 Å². The largest absolute Gasteiger partial charge is 0.471 e. The summed E-state index contributed by atoms with van der Waals surface area (Å²) in [5.74, 6) is -2.02. The van der Waals surface area contributed by atoms with Crippen LogP contribution in [0.5, 0.6) is 0 Å². The summed E-state index contributed by atoms with van der Waals surface area (Å²) in [6.07, 6.45) is -3.17. The molecule has 0 spiro atoms. The molecule has 0 aliphatic carbocycles. The van der Waals surface area contributed by atoms with Gasteiger partial charge in [-0.05, 0) is 18.8 Å². The Bertz CT molecular complexity index is 656. The van der Waals surface area contributed by atoms with E-state index >= 15 is 0 Å². The number of piperidine rings is 1. The summed E-state index contributed by atoms with van der Waals surface area (Å²) in [4.78, 5) is 24.3. The minimum Gasteiger partial charge on any atom is -0.350 e. The van der Waals surface area contributed by atoms with Crippen molar-refractivity contribution in [2.24, 2.45) is 5.92 Å². The van der Waals surface area contributed by atoms with E-state index in [9.17, 15) is 22.8 Å². The summed E-state index contributed by atoms with van der Waals surface area (Å²) in [5, 5.41) is 12.9. The van der Waals surface area contributed by atoms with Gasteiger partial charge in [-0.3, -0.25) is 14.7 Å². The van der Waals surface area contributed by atoms with Crippen molar-refractivity contribution in [3.05, 3.63) is 17.0 Å². The molecular formula is C15H21ClF3N5O2. The third-order valence-corrected chi connectivity index (χ3v) is 4.72. The van der Waals surface area contributed by atoms with Crippen LogP contribution in [-0.2, 0) is 17.8 Å². The molecule has 146 valence electrons. The zero-order valence-corrected chi connectivity index (χ0v) is 14.8. The van der Waals surface area contributed by atoms with Crippen molar-refractivity contribution in [2.75, 3.05) is 26.2 Å². The van der Waals surface area contributed by atoms with Gasteiger partial charge in [0.25, 0.3) is 5.91 Å². The maximum absolute atomic E-state index is 12.4. The summed E-state index contributed by atoms with van der Waals surface area (Å²) in [6, 6.07) is 0. The Balaban J connectivity index is 0.00000243. The van der Waals surface area contributed by atoms with E-state index in [0.29, 0.717) is 31.6 Å². The molecule has 1 aromatic heterocycles. The lowest BCUT2D eigenvalue weighted by Gasteiger charge is -2.32. The Hall–Kier alpha value is -1.81. The Labute approximate surface area is 154 Å². The van der Waals surface area contributed by atoms with E-state index in [1.54, 1.807) is 0 Å². The van der Waals surface area contributed by atoms with Crippen molar-refractivity contribution in [3.63, 3.8) is 0 Å². The fourth-order valence-corrected chi connectivity index (χ4v) is 3.25. The molecule has 0 unspecified atom stereocenters. The van der Waals surface area contributed by atoms with E-state index in [-0.39, 0.29) is 37.3 Å². The molecule has 7 nitrogen and oxygen atoms in total. The Morgan fingerprint density at radius 3 is 2.62 bits per heavy atom. The van der Waals surface area contributed by atoms with Gasteiger partial charge in [0, 0.05) is 50.4 Å². The molecule has 0 aromatic carbocycles. The van der Waals surface area contributed by atoms with E-state index in [1.165, 1.54) is 0 Å². The molecule has 3 N–H and O–H groups in total. The molecule has 0 radical (unpaired) electrons. The molecule has 2 amide bonds. The van der Waals surface area contributed by atoms with Gasteiger partial charge in [0.1, 0.15) is 0 Å². The number of carbonyl (C=O) groups excluding carboxylic acids is 2. The summed E-state index contributed by atoms with van der Waals surface area (Å²) in [7, 11) is 0. The smallest absolute Gasteiger partial charge is 0.350 e. The summed E-state index contributed by atoms with van der Waals surface area (Å²) >= 11 is 0. The van der Waals surface area contributed by atoms with Crippen LogP contribution in [0.1, 0.15) is 34.6 Å². The van der Waals surface area contributed by atoms with Crippen molar-refractivity contribution >= 4 is 24.2 Å². The van der Waals surface area contributed by atoms with Crippen LogP contribution in [-0.4, -0.2) is 59.3 Å². The standard InChI is InChI=1S/C15H20F3N5O2.ClH/c16-15(17,18)14(25)23-5-2-9(3-6-23)7-20-13(24)12-10-8-19-4-1-11(10)21-22-12;/h9,19H,1-8H2,(H,20,24)(H,21,22);1H. The predicted octanol–water partition coefficient (Wildman–Crippen LogP) is 1.01. The average Bonchev–Trinajstić information content (AvgIpc) is 3.03. The number of hydrogen-bond donors (Lipinski definition) is 3. The first-order valence-electron chi connectivity index (χ1n) is 8.27. The maximum atomic E-state index is 12.4. The molecule has 1 saturated heterocycles.